The van der Waals surface area contributed by atoms with Crippen molar-refractivity contribution in [2.24, 2.45) is 5.92 Å². The minimum absolute atomic E-state index is 0.0420. The lowest BCUT2D eigenvalue weighted by Crippen LogP contribution is -2.41. The summed E-state index contributed by atoms with van der Waals surface area (Å²) < 4.78 is 11.5. The van der Waals surface area contributed by atoms with Crippen molar-refractivity contribution in [3.63, 3.8) is 0 Å². The number of carbonyl (C=O) groups is 3. The molecule has 0 aliphatic carbocycles. The Kier molecular flexibility index (Phi) is 6.61. The number of nitrogens with zero attached hydrogens (tertiary/aromatic N) is 2. The van der Waals surface area contributed by atoms with Gasteiger partial charge in [0.15, 0.2) is 0 Å². The van der Waals surface area contributed by atoms with E-state index in [1.54, 1.807) is 44.2 Å². The molecule has 3 rings (SSSR count). The number of carbonyl (C=O) groups excluding carboxylic acids is 3. The zero-order chi connectivity index (χ0) is 21.0. The first-order valence-corrected chi connectivity index (χ1v) is 10.0. The molecule has 29 heavy (non-hydrogen) atoms. The Hall–Kier alpha value is -2.77. The van der Waals surface area contributed by atoms with Gasteiger partial charge in [-0.1, -0.05) is 0 Å². The molecule has 0 radical (unpaired) electrons. The van der Waals surface area contributed by atoms with Crippen LogP contribution in [0.1, 0.15) is 36.5 Å². The lowest BCUT2D eigenvalue weighted by atomic mass is 10.1. The number of benzene rings is 1. The summed E-state index contributed by atoms with van der Waals surface area (Å²) in [5.74, 6) is 0.777. The molecule has 0 unspecified atom stereocenters. The third-order valence-electron chi connectivity index (χ3n) is 5.69. The molecule has 1 aromatic carbocycles. The molecule has 8 heteroatoms. The van der Waals surface area contributed by atoms with Crippen LogP contribution in [0.5, 0.6) is 11.5 Å². The largest absolute Gasteiger partial charge is 0.497 e. The van der Waals surface area contributed by atoms with Crippen LogP contribution in [-0.4, -0.2) is 74.0 Å². The maximum absolute atomic E-state index is 13.2. The van der Waals surface area contributed by atoms with Gasteiger partial charge in [-0.2, -0.15) is 0 Å². The summed E-state index contributed by atoms with van der Waals surface area (Å²) in [5, 5.41) is 2.65. The first-order chi connectivity index (χ1) is 13.9. The third kappa shape index (κ3) is 4.81. The van der Waals surface area contributed by atoms with Crippen molar-refractivity contribution >= 4 is 17.7 Å². The molecule has 0 spiro atoms. The van der Waals surface area contributed by atoms with Gasteiger partial charge < -0.3 is 24.6 Å². The Morgan fingerprint density at radius 2 is 1.76 bits per heavy atom. The average Bonchev–Trinajstić information content (AvgIpc) is 3.23. The Balaban J connectivity index is 1.73. The molecular weight excluding hydrogens is 374 g/mol. The van der Waals surface area contributed by atoms with Gasteiger partial charge in [0.05, 0.1) is 18.6 Å². The van der Waals surface area contributed by atoms with E-state index in [2.05, 4.69) is 5.32 Å². The van der Waals surface area contributed by atoms with Crippen molar-refractivity contribution in [1.29, 1.82) is 0 Å². The van der Waals surface area contributed by atoms with Crippen LogP contribution in [0.25, 0.3) is 0 Å². The second kappa shape index (κ2) is 9.15. The van der Waals surface area contributed by atoms with Gasteiger partial charge in [0.2, 0.25) is 11.8 Å². The molecule has 1 aromatic rings. The van der Waals surface area contributed by atoms with Crippen LogP contribution >= 0.6 is 0 Å². The molecule has 3 amide bonds. The molecule has 2 aliphatic heterocycles. The molecule has 2 saturated heterocycles. The zero-order valence-electron chi connectivity index (χ0n) is 17.3. The smallest absolute Gasteiger partial charge is 0.257 e. The number of nitrogens with one attached hydrogen (secondary N) is 1. The molecule has 0 saturated carbocycles. The number of methoxy groups -OCH3 is 1. The van der Waals surface area contributed by atoms with Crippen LogP contribution in [-0.2, 0) is 9.59 Å². The maximum Gasteiger partial charge on any atom is 0.257 e. The van der Waals surface area contributed by atoms with E-state index < -0.39 is 0 Å². The van der Waals surface area contributed by atoms with Gasteiger partial charge in [0, 0.05) is 53.0 Å². The highest BCUT2D eigenvalue weighted by atomic mass is 16.5. The van der Waals surface area contributed by atoms with E-state index in [9.17, 15) is 14.4 Å². The molecule has 2 aliphatic rings. The highest BCUT2D eigenvalue weighted by molar-refractivity contribution is 5.98. The van der Waals surface area contributed by atoms with E-state index in [-0.39, 0.29) is 29.7 Å². The minimum atomic E-state index is -0.185. The van der Waals surface area contributed by atoms with Crippen molar-refractivity contribution in [2.75, 3.05) is 40.3 Å². The second-order valence-electron chi connectivity index (χ2n) is 7.54. The summed E-state index contributed by atoms with van der Waals surface area (Å²) >= 11 is 0. The first kappa shape index (κ1) is 21.0. The lowest BCUT2D eigenvalue weighted by Gasteiger charge is -2.32. The van der Waals surface area contributed by atoms with E-state index in [1.165, 1.54) is 0 Å². The van der Waals surface area contributed by atoms with Crippen molar-refractivity contribution in [3.05, 3.63) is 23.8 Å². The third-order valence-corrected chi connectivity index (χ3v) is 5.69. The number of hydrogen-bond acceptors (Lipinski definition) is 5. The van der Waals surface area contributed by atoms with Gasteiger partial charge in [0.1, 0.15) is 17.6 Å². The Morgan fingerprint density at radius 1 is 1.07 bits per heavy atom. The van der Waals surface area contributed by atoms with E-state index in [0.29, 0.717) is 49.7 Å². The van der Waals surface area contributed by atoms with Gasteiger partial charge in [-0.15, -0.1) is 0 Å². The summed E-state index contributed by atoms with van der Waals surface area (Å²) in [7, 11) is 3.16. The summed E-state index contributed by atoms with van der Waals surface area (Å²) in [6.45, 7) is 3.80. The predicted octanol–water partition coefficient (Wildman–Crippen LogP) is 1.29. The fraction of sp³-hybridized carbons (Fsp3) is 0.571. The second-order valence-corrected chi connectivity index (χ2v) is 7.54. The van der Waals surface area contributed by atoms with Gasteiger partial charge in [-0.3, -0.25) is 14.4 Å². The van der Waals surface area contributed by atoms with Crippen LogP contribution in [0, 0.1) is 5.92 Å². The van der Waals surface area contributed by atoms with Crippen LogP contribution < -0.4 is 14.8 Å². The summed E-state index contributed by atoms with van der Waals surface area (Å²) in [6, 6.07) is 5.22. The van der Waals surface area contributed by atoms with Crippen LogP contribution in [0.3, 0.4) is 0 Å². The maximum atomic E-state index is 13.2. The van der Waals surface area contributed by atoms with E-state index in [4.69, 9.17) is 9.47 Å². The minimum Gasteiger partial charge on any atom is -0.497 e. The van der Waals surface area contributed by atoms with Gasteiger partial charge in [0.25, 0.3) is 5.91 Å². The molecule has 0 bridgehead atoms. The van der Waals surface area contributed by atoms with Crippen molar-refractivity contribution < 1.29 is 23.9 Å². The zero-order valence-corrected chi connectivity index (χ0v) is 17.3. The first-order valence-electron chi connectivity index (χ1n) is 10.0. The van der Waals surface area contributed by atoms with Gasteiger partial charge in [-0.05, 0) is 24.6 Å². The number of rotatable bonds is 5. The van der Waals surface area contributed by atoms with Crippen molar-refractivity contribution in [2.45, 2.75) is 32.3 Å². The normalized spacial score (nSPS) is 19.8. The molecule has 158 valence electrons. The van der Waals surface area contributed by atoms with E-state index in [1.807, 2.05) is 4.90 Å². The van der Waals surface area contributed by atoms with Crippen LogP contribution in [0.2, 0.25) is 0 Å². The SMILES string of the molecule is CNC(=O)[C@H]1CCN(C(=O)c2cc(OC)ccc2OC2CCN(C(C)=O)CC2)C1. The summed E-state index contributed by atoms with van der Waals surface area (Å²) in [6.07, 6.45) is 2.04. The van der Waals surface area contributed by atoms with E-state index in [0.717, 1.165) is 12.8 Å². The number of piperidine rings is 1. The molecule has 0 aromatic heterocycles. The molecule has 8 nitrogen and oxygen atoms in total. The van der Waals surface area contributed by atoms with Crippen LogP contribution in [0.15, 0.2) is 18.2 Å². The number of ether oxygens (including phenoxy) is 2. The van der Waals surface area contributed by atoms with Crippen molar-refractivity contribution in [1.82, 2.24) is 15.1 Å². The molecule has 2 heterocycles. The molecule has 1 atom stereocenters. The monoisotopic (exact) mass is 403 g/mol. The summed E-state index contributed by atoms with van der Waals surface area (Å²) in [4.78, 5) is 40.1. The molecular formula is C21H29N3O5. The van der Waals surface area contributed by atoms with E-state index >= 15 is 0 Å². The highest BCUT2D eigenvalue weighted by Gasteiger charge is 2.33. The molecule has 2 fully saturated rings. The fourth-order valence-corrected chi connectivity index (χ4v) is 3.91. The van der Waals surface area contributed by atoms with Crippen LogP contribution in [0.4, 0.5) is 0 Å². The topological polar surface area (TPSA) is 88.2 Å². The number of hydrogen-bond donors (Lipinski definition) is 1. The van der Waals surface area contributed by atoms with Crippen molar-refractivity contribution in [3.8, 4) is 11.5 Å². The number of amides is 3. The molecule has 1 N–H and O–H groups in total. The average molecular weight is 403 g/mol. The van der Waals surface area contributed by atoms with Gasteiger partial charge >= 0.3 is 0 Å². The number of likely N-dealkylation sites (tertiary alicyclic amines) is 2. The Bertz CT molecular complexity index is 774. The Labute approximate surface area is 171 Å². The quantitative estimate of drug-likeness (QED) is 0.801. The standard InChI is InChI=1S/C21H29N3O5/c1-14(25)23-10-7-16(8-11-23)29-19-5-4-17(28-3)12-18(19)21(27)24-9-6-15(13-24)20(26)22-2/h4-5,12,15-16H,6-11,13H2,1-3H3,(H,22,26)/t15-/m0/s1. The highest BCUT2D eigenvalue weighted by Crippen LogP contribution is 2.30. The van der Waals surface area contributed by atoms with Gasteiger partial charge in [-0.25, -0.2) is 0 Å². The lowest BCUT2D eigenvalue weighted by molar-refractivity contribution is -0.130. The summed E-state index contributed by atoms with van der Waals surface area (Å²) in [5.41, 5.74) is 0.441. The fourth-order valence-electron chi connectivity index (χ4n) is 3.91. The Morgan fingerprint density at radius 3 is 2.38 bits per heavy atom. The predicted molar refractivity (Wildman–Crippen MR) is 107 cm³/mol.